The Hall–Kier alpha value is -3.64. The van der Waals surface area contributed by atoms with Crippen LogP contribution in [0.15, 0.2) is 71.6 Å². The van der Waals surface area contributed by atoms with Gasteiger partial charge in [0.1, 0.15) is 0 Å². The van der Waals surface area contributed by atoms with E-state index in [1.165, 1.54) is 22.6 Å². The summed E-state index contributed by atoms with van der Waals surface area (Å²) in [4.78, 5) is 13.2. The van der Waals surface area contributed by atoms with Crippen LogP contribution >= 0.6 is 0 Å². The summed E-state index contributed by atoms with van der Waals surface area (Å²) in [7, 11) is -3.88. The van der Waals surface area contributed by atoms with Crippen LogP contribution in [0.3, 0.4) is 0 Å². The molecule has 172 valence electrons. The molecule has 0 atom stereocenters. The molecule has 0 radical (unpaired) electrons. The number of amides is 1. The normalized spacial score (nSPS) is 12.7. The van der Waals surface area contributed by atoms with Gasteiger partial charge in [0.2, 0.25) is 0 Å². The lowest BCUT2D eigenvalue weighted by Gasteiger charge is -2.15. The first-order valence-corrected chi connectivity index (χ1v) is 12.8. The monoisotopic (exact) mass is 470 g/mol. The zero-order valence-electron chi connectivity index (χ0n) is 19.4. The predicted octanol–water partition coefficient (Wildman–Crippen LogP) is 5.92. The van der Waals surface area contributed by atoms with E-state index in [0.717, 1.165) is 35.0 Å². The van der Waals surface area contributed by atoms with Crippen LogP contribution in [0.25, 0.3) is 10.8 Å². The highest BCUT2D eigenvalue weighted by Crippen LogP contribution is 2.35. The van der Waals surface area contributed by atoms with E-state index in [9.17, 15) is 13.2 Å². The molecule has 6 heteroatoms. The standard InChI is InChI=1S/C28H26N2O3S/c1-17-7-8-18(2)25(15-17)30-34(32,33)26-16-22(10-9-19(26)3)28(31)29-24-14-13-21-12-11-20-5-4-6-23(24)27(20)21/h4-10,13-16,30H,11-12H2,1-3H3,(H,29,31). The van der Waals surface area contributed by atoms with Gasteiger partial charge in [0.05, 0.1) is 10.6 Å². The smallest absolute Gasteiger partial charge is 0.262 e. The van der Waals surface area contributed by atoms with Crippen molar-refractivity contribution in [3.8, 4) is 0 Å². The van der Waals surface area contributed by atoms with Crippen molar-refractivity contribution in [2.45, 2.75) is 38.5 Å². The lowest BCUT2D eigenvalue weighted by atomic mass is 10.0. The lowest BCUT2D eigenvalue weighted by Crippen LogP contribution is -2.17. The first kappa shape index (κ1) is 22.2. The summed E-state index contributed by atoms with van der Waals surface area (Å²) in [6.45, 7) is 5.49. The zero-order valence-corrected chi connectivity index (χ0v) is 20.2. The second kappa shape index (κ2) is 8.29. The Kier molecular flexibility index (Phi) is 5.41. The van der Waals surface area contributed by atoms with Gasteiger partial charge >= 0.3 is 0 Å². The maximum Gasteiger partial charge on any atom is 0.262 e. The van der Waals surface area contributed by atoms with E-state index in [4.69, 9.17) is 0 Å². The van der Waals surface area contributed by atoms with E-state index in [1.807, 2.05) is 44.2 Å². The first-order valence-electron chi connectivity index (χ1n) is 11.3. The highest BCUT2D eigenvalue weighted by molar-refractivity contribution is 7.92. The van der Waals surface area contributed by atoms with E-state index in [-0.39, 0.29) is 16.4 Å². The second-order valence-electron chi connectivity index (χ2n) is 8.97. The fourth-order valence-electron chi connectivity index (χ4n) is 4.63. The quantitative estimate of drug-likeness (QED) is 0.380. The van der Waals surface area contributed by atoms with Gasteiger partial charge in [-0.3, -0.25) is 9.52 Å². The maximum atomic E-state index is 13.2. The van der Waals surface area contributed by atoms with E-state index in [0.29, 0.717) is 11.3 Å². The molecule has 0 fully saturated rings. The number of hydrogen-bond donors (Lipinski definition) is 2. The number of sulfonamides is 1. The van der Waals surface area contributed by atoms with Crippen molar-refractivity contribution in [3.05, 3.63) is 100 Å². The molecule has 5 rings (SSSR count). The molecule has 0 heterocycles. The van der Waals surface area contributed by atoms with Crippen molar-refractivity contribution in [3.63, 3.8) is 0 Å². The number of benzene rings is 4. The van der Waals surface area contributed by atoms with E-state index < -0.39 is 10.0 Å². The highest BCUT2D eigenvalue weighted by Gasteiger charge is 2.21. The Morgan fingerprint density at radius 3 is 2.32 bits per heavy atom. The minimum Gasteiger partial charge on any atom is -0.321 e. The molecule has 1 aliphatic carbocycles. The summed E-state index contributed by atoms with van der Waals surface area (Å²) >= 11 is 0. The van der Waals surface area contributed by atoms with Crippen LogP contribution in [-0.4, -0.2) is 14.3 Å². The Labute approximate surface area is 199 Å². The van der Waals surface area contributed by atoms with Crippen molar-refractivity contribution in [2.24, 2.45) is 0 Å². The fraction of sp³-hybridized carbons (Fsp3) is 0.179. The van der Waals surface area contributed by atoms with Gasteiger partial charge < -0.3 is 5.32 Å². The number of aryl methyl sites for hydroxylation is 5. The van der Waals surface area contributed by atoms with Crippen LogP contribution in [0.2, 0.25) is 0 Å². The molecular weight excluding hydrogens is 444 g/mol. The zero-order chi connectivity index (χ0) is 24.0. The molecule has 0 aromatic heterocycles. The molecule has 0 unspecified atom stereocenters. The van der Waals surface area contributed by atoms with Crippen LogP contribution in [0, 0.1) is 20.8 Å². The molecule has 0 spiro atoms. The number of hydrogen-bond acceptors (Lipinski definition) is 3. The molecule has 2 N–H and O–H groups in total. The molecule has 0 saturated heterocycles. The Bertz CT molecular complexity index is 1560. The van der Waals surface area contributed by atoms with Gasteiger partial charge in [-0.25, -0.2) is 8.42 Å². The van der Waals surface area contributed by atoms with E-state index >= 15 is 0 Å². The van der Waals surface area contributed by atoms with Crippen LogP contribution < -0.4 is 10.0 Å². The largest absolute Gasteiger partial charge is 0.321 e. The third-order valence-corrected chi connectivity index (χ3v) is 8.01. The fourth-order valence-corrected chi connectivity index (χ4v) is 6.02. The van der Waals surface area contributed by atoms with Gasteiger partial charge in [0.25, 0.3) is 15.9 Å². The molecule has 4 aromatic rings. The summed E-state index contributed by atoms with van der Waals surface area (Å²) in [5.74, 6) is -0.345. The number of rotatable bonds is 5. The minimum absolute atomic E-state index is 0.0847. The topological polar surface area (TPSA) is 75.3 Å². The van der Waals surface area contributed by atoms with Crippen LogP contribution in [0.4, 0.5) is 11.4 Å². The third kappa shape index (κ3) is 3.94. The first-order chi connectivity index (χ1) is 16.2. The molecule has 5 nitrogen and oxygen atoms in total. The highest BCUT2D eigenvalue weighted by atomic mass is 32.2. The second-order valence-corrected chi connectivity index (χ2v) is 10.6. The molecule has 0 bridgehead atoms. The van der Waals surface area contributed by atoms with Crippen LogP contribution in [0.5, 0.6) is 0 Å². The molecule has 0 saturated carbocycles. The minimum atomic E-state index is -3.88. The van der Waals surface area contributed by atoms with E-state index in [1.54, 1.807) is 25.1 Å². The van der Waals surface area contributed by atoms with Crippen molar-refractivity contribution < 1.29 is 13.2 Å². The van der Waals surface area contributed by atoms with Gasteiger partial charge in [-0.15, -0.1) is 0 Å². The molecule has 34 heavy (non-hydrogen) atoms. The van der Waals surface area contributed by atoms with Crippen molar-refractivity contribution >= 4 is 38.1 Å². The maximum absolute atomic E-state index is 13.2. The number of anilines is 2. The Morgan fingerprint density at radius 1 is 0.794 bits per heavy atom. The molecule has 1 aliphatic rings. The van der Waals surface area contributed by atoms with Gasteiger partial charge in [0, 0.05) is 16.6 Å². The van der Waals surface area contributed by atoms with Gasteiger partial charge in [0.15, 0.2) is 0 Å². The van der Waals surface area contributed by atoms with Crippen LogP contribution in [-0.2, 0) is 22.9 Å². The summed E-state index contributed by atoms with van der Waals surface area (Å²) in [5.41, 5.74) is 6.49. The molecule has 1 amide bonds. The van der Waals surface area contributed by atoms with Crippen LogP contribution in [0.1, 0.15) is 38.2 Å². The molecule has 4 aromatic carbocycles. The summed E-state index contributed by atoms with van der Waals surface area (Å²) in [6, 6.07) is 20.5. The number of nitrogens with one attached hydrogen (secondary N) is 2. The molecule has 0 aliphatic heterocycles. The number of carbonyl (C=O) groups excluding carboxylic acids is 1. The van der Waals surface area contributed by atoms with Crippen molar-refractivity contribution in [1.82, 2.24) is 0 Å². The third-order valence-electron chi connectivity index (χ3n) is 6.50. The SMILES string of the molecule is Cc1ccc(C)c(NS(=O)(=O)c2cc(C(=O)Nc3ccc4c5c(cccc35)CC4)ccc2C)c1. The average molecular weight is 471 g/mol. The predicted molar refractivity (Wildman–Crippen MR) is 137 cm³/mol. The van der Waals surface area contributed by atoms with Crippen molar-refractivity contribution in [1.29, 1.82) is 0 Å². The van der Waals surface area contributed by atoms with E-state index in [2.05, 4.69) is 22.2 Å². The summed E-state index contributed by atoms with van der Waals surface area (Å²) in [6.07, 6.45) is 2.02. The van der Waals surface area contributed by atoms with Crippen molar-refractivity contribution in [2.75, 3.05) is 10.0 Å². The Morgan fingerprint density at radius 2 is 1.53 bits per heavy atom. The summed E-state index contributed by atoms with van der Waals surface area (Å²) < 4.78 is 29.2. The number of carbonyl (C=O) groups is 1. The van der Waals surface area contributed by atoms with Gasteiger partial charge in [-0.2, -0.15) is 0 Å². The van der Waals surface area contributed by atoms with Gasteiger partial charge in [-0.05, 0) is 91.1 Å². The lowest BCUT2D eigenvalue weighted by molar-refractivity contribution is 0.102. The Balaban J connectivity index is 1.47. The molecular formula is C28H26N2O3S. The average Bonchev–Trinajstić information content (AvgIpc) is 3.23. The van der Waals surface area contributed by atoms with Gasteiger partial charge in [-0.1, -0.05) is 42.5 Å². The summed E-state index contributed by atoms with van der Waals surface area (Å²) in [5, 5.41) is 5.22.